The van der Waals surface area contributed by atoms with E-state index >= 15 is 0 Å². The van der Waals surface area contributed by atoms with E-state index in [2.05, 4.69) is 16.6 Å². The van der Waals surface area contributed by atoms with E-state index in [4.69, 9.17) is 0 Å². The Hall–Kier alpha value is -1.03. The summed E-state index contributed by atoms with van der Waals surface area (Å²) in [5.74, 6) is 0. The summed E-state index contributed by atoms with van der Waals surface area (Å²) in [4.78, 5) is 8.11. The number of aromatic nitrogens is 2. The number of hydrogen-bond donors (Lipinski definition) is 0. The first-order chi connectivity index (χ1) is 7.83. The highest BCUT2D eigenvalue weighted by Crippen LogP contribution is 2.11. The summed E-state index contributed by atoms with van der Waals surface area (Å²) < 4.78 is 1.95. The summed E-state index contributed by atoms with van der Waals surface area (Å²) in [5, 5.41) is 0. The van der Waals surface area contributed by atoms with Crippen molar-refractivity contribution < 1.29 is 0 Å². The Morgan fingerprint density at radius 3 is 2.31 bits per heavy atom. The van der Waals surface area contributed by atoms with Crippen LogP contribution in [0.1, 0.15) is 39.1 Å². The van der Waals surface area contributed by atoms with Crippen LogP contribution in [0.3, 0.4) is 0 Å². The zero-order valence-electron chi connectivity index (χ0n) is 11.2. The lowest BCUT2D eigenvalue weighted by molar-refractivity contribution is 1.22. The molecule has 0 unspecified atom stereocenters. The van der Waals surface area contributed by atoms with Gasteiger partial charge in [-0.15, -0.1) is 0 Å². The Kier molecular flexibility index (Phi) is 13.1. The van der Waals surface area contributed by atoms with Gasteiger partial charge in [-0.2, -0.15) is 0 Å². The van der Waals surface area contributed by atoms with Gasteiger partial charge in [0, 0.05) is 19.5 Å². The van der Waals surface area contributed by atoms with Crippen molar-refractivity contribution in [3.05, 3.63) is 24.3 Å². The van der Waals surface area contributed by atoms with Crippen LogP contribution >= 0.6 is 11.9 Å². The fraction of sp³-hybridized carbons (Fsp3) is 0.500. The Morgan fingerprint density at radius 2 is 1.94 bits per heavy atom. The van der Waals surface area contributed by atoms with Crippen LogP contribution in [-0.4, -0.2) is 28.5 Å². The van der Waals surface area contributed by atoms with E-state index in [-0.39, 0.29) is 0 Å². The van der Waals surface area contributed by atoms with Crippen molar-refractivity contribution in [2.45, 2.75) is 27.7 Å². The fourth-order valence-corrected chi connectivity index (χ4v) is 1.38. The maximum Gasteiger partial charge on any atom is 0.106 e. The van der Waals surface area contributed by atoms with E-state index in [1.54, 1.807) is 37.6 Å². The van der Waals surface area contributed by atoms with Crippen molar-refractivity contribution in [3.8, 4) is 0 Å². The zero-order chi connectivity index (χ0) is 13.0. The molecule has 0 radical (unpaired) electrons. The van der Waals surface area contributed by atoms with Crippen LogP contribution in [0, 0.1) is 0 Å². The highest BCUT2D eigenvalue weighted by atomic mass is 32.2. The third-order valence-electron chi connectivity index (χ3n) is 1.44. The molecule has 0 saturated carbocycles. The second-order valence-electron chi connectivity index (χ2n) is 2.11. The monoisotopic (exact) mass is 241 g/mol. The minimum absolute atomic E-state index is 0.870. The first-order valence-corrected chi connectivity index (χ1v) is 6.68. The maximum atomic E-state index is 4.16. The normalized spacial score (nSPS) is 8.88. The summed E-state index contributed by atoms with van der Waals surface area (Å²) in [6.45, 7) is 11.7. The molecule has 3 nitrogen and oxygen atoms in total. The summed E-state index contributed by atoms with van der Waals surface area (Å²) in [6.07, 6.45) is 7.25. The van der Waals surface area contributed by atoms with E-state index in [1.807, 2.05) is 37.9 Å². The molecule has 0 N–H and O–H groups in total. The van der Waals surface area contributed by atoms with E-state index in [1.165, 1.54) is 0 Å². The average molecular weight is 241 g/mol. The third kappa shape index (κ3) is 5.16. The van der Waals surface area contributed by atoms with Crippen LogP contribution in [0.15, 0.2) is 17.9 Å². The quantitative estimate of drug-likeness (QED) is 0.754. The Balaban J connectivity index is 0. The molecule has 0 aliphatic rings. The minimum atomic E-state index is 0.870. The Morgan fingerprint density at radius 1 is 1.38 bits per heavy atom. The van der Waals surface area contributed by atoms with Crippen LogP contribution in [0.25, 0.3) is 6.08 Å². The lowest BCUT2D eigenvalue weighted by Crippen LogP contribution is -1.92. The number of hydrogen-bond acceptors (Lipinski definition) is 3. The first-order valence-electron chi connectivity index (χ1n) is 5.50. The number of aliphatic imine (C=N–C) groups is 1. The van der Waals surface area contributed by atoms with Crippen molar-refractivity contribution in [2.75, 3.05) is 13.3 Å². The molecule has 1 aromatic rings. The highest BCUT2D eigenvalue weighted by molar-refractivity contribution is 7.97. The number of rotatable bonds is 3. The lowest BCUT2D eigenvalue weighted by Gasteiger charge is -1.97. The SMILES string of the molecule is C=Cc1ncn(SC)c1C=NC.CC.CC. The Labute approximate surface area is 104 Å². The summed E-state index contributed by atoms with van der Waals surface area (Å²) >= 11 is 1.59. The maximum absolute atomic E-state index is 4.16. The van der Waals surface area contributed by atoms with Gasteiger partial charge >= 0.3 is 0 Å². The molecule has 0 atom stereocenters. The first kappa shape index (κ1) is 17.4. The van der Waals surface area contributed by atoms with E-state index < -0.39 is 0 Å². The topological polar surface area (TPSA) is 30.2 Å². The van der Waals surface area contributed by atoms with Gasteiger partial charge in [0.1, 0.15) is 6.33 Å². The summed E-state index contributed by atoms with van der Waals surface area (Å²) in [7, 11) is 1.74. The third-order valence-corrected chi connectivity index (χ3v) is 2.13. The second-order valence-corrected chi connectivity index (χ2v) is 2.87. The van der Waals surface area contributed by atoms with Gasteiger partial charge in [-0.3, -0.25) is 8.96 Å². The molecule has 0 amide bonds. The number of nitrogens with zero attached hydrogens (tertiary/aromatic N) is 3. The lowest BCUT2D eigenvalue weighted by atomic mass is 10.3. The average Bonchev–Trinajstić information content (AvgIpc) is 2.77. The van der Waals surface area contributed by atoms with Gasteiger partial charge in [-0.1, -0.05) is 34.3 Å². The second kappa shape index (κ2) is 12.0. The predicted molar refractivity (Wildman–Crippen MR) is 77.4 cm³/mol. The van der Waals surface area contributed by atoms with E-state index in [9.17, 15) is 0 Å². The minimum Gasteiger partial charge on any atom is -0.294 e. The molecule has 0 saturated heterocycles. The van der Waals surface area contributed by atoms with Crippen molar-refractivity contribution in [1.82, 2.24) is 8.96 Å². The Bertz CT molecular complexity index is 303. The molecule has 0 aliphatic heterocycles. The highest BCUT2D eigenvalue weighted by Gasteiger charge is 2.03. The molecule has 0 fully saturated rings. The standard InChI is InChI=1S/C8H11N3S.2C2H6/c1-4-7-8(5-9-2)11(12-3)6-10-7;2*1-2/h4-6H,1H2,2-3H3;2*1-2H3. The van der Waals surface area contributed by atoms with Gasteiger partial charge in [0.15, 0.2) is 0 Å². The summed E-state index contributed by atoms with van der Waals surface area (Å²) in [5.41, 5.74) is 1.86. The van der Waals surface area contributed by atoms with E-state index in [0.717, 1.165) is 11.4 Å². The van der Waals surface area contributed by atoms with Gasteiger partial charge < -0.3 is 0 Å². The molecule has 16 heavy (non-hydrogen) atoms. The molecule has 1 aromatic heterocycles. The molecule has 4 heteroatoms. The van der Waals surface area contributed by atoms with E-state index in [0.29, 0.717) is 0 Å². The largest absolute Gasteiger partial charge is 0.294 e. The van der Waals surface area contributed by atoms with Gasteiger partial charge in [-0.05, 0) is 18.0 Å². The fourth-order valence-electron chi connectivity index (χ4n) is 0.904. The van der Waals surface area contributed by atoms with Crippen LogP contribution in [-0.2, 0) is 0 Å². The molecule has 0 aromatic carbocycles. The summed E-state index contributed by atoms with van der Waals surface area (Å²) in [6, 6.07) is 0. The molecule has 0 spiro atoms. The van der Waals surface area contributed by atoms with Gasteiger partial charge in [0.2, 0.25) is 0 Å². The van der Waals surface area contributed by atoms with Crippen LogP contribution in [0.2, 0.25) is 0 Å². The van der Waals surface area contributed by atoms with Gasteiger partial charge in [-0.25, -0.2) is 4.98 Å². The van der Waals surface area contributed by atoms with Crippen molar-refractivity contribution >= 4 is 24.2 Å². The molecular weight excluding hydrogens is 218 g/mol. The zero-order valence-corrected chi connectivity index (χ0v) is 12.0. The number of imidazole rings is 1. The smallest absolute Gasteiger partial charge is 0.106 e. The van der Waals surface area contributed by atoms with Gasteiger partial charge in [0.25, 0.3) is 0 Å². The van der Waals surface area contributed by atoms with Crippen LogP contribution < -0.4 is 0 Å². The van der Waals surface area contributed by atoms with Crippen LogP contribution in [0.5, 0.6) is 0 Å². The van der Waals surface area contributed by atoms with Gasteiger partial charge in [0.05, 0.1) is 11.4 Å². The molecule has 1 heterocycles. The van der Waals surface area contributed by atoms with Crippen LogP contribution in [0.4, 0.5) is 0 Å². The molecule has 1 rings (SSSR count). The molecule has 0 aliphatic carbocycles. The predicted octanol–water partition coefficient (Wildman–Crippen LogP) is 3.75. The molecule has 92 valence electrons. The van der Waals surface area contributed by atoms with Crippen molar-refractivity contribution in [3.63, 3.8) is 0 Å². The molecule has 0 bridgehead atoms. The van der Waals surface area contributed by atoms with Crippen molar-refractivity contribution in [2.24, 2.45) is 4.99 Å². The van der Waals surface area contributed by atoms with Crippen molar-refractivity contribution in [1.29, 1.82) is 0 Å². The molecular formula is C12H23N3S.